The van der Waals surface area contributed by atoms with Crippen molar-refractivity contribution in [2.24, 2.45) is 0 Å². The lowest BCUT2D eigenvalue weighted by Gasteiger charge is -2.20. The van der Waals surface area contributed by atoms with Crippen molar-refractivity contribution in [3.05, 3.63) is 53.1 Å². The average Bonchev–Trinajstić information content (AvgIpc) is 3.19. The number of aromatic nitrogens is 1. The van der Waals surface area contributed by atoms with E-state index in [0.717, 1.165) is 21.4 Å². The third-order valence-corrected chi connectivity index (χ3v) is 4.34. The van der Waals surface area contributed by atoms with Gasteiger partial charge < -0.3 is 19.3 Å². The van der Waals surface area contributed by atoms with Crippen LogP contribution in [0.5, 0.6) is 0 Å². The van der Waals surface area contributed by atoms with Crippen LogP contribution in [0.4, 0.5) is 0 Å². The molecule has 3 heterocycles. The van der Waals surface area contributed by atoms with E-state index in [2.05, 4.69) is 10.3 Å². The lowest BCUT2D eigenvalue weighted by atomic mass is 10.0. The summed E-state index contributed by atoms with van der Waals surface area (Å²) >= 11 is 1.57. The molecule has 22 heavy (non-hydrogen) atoms. The molecular formula is C16H18N2O3S. The van der Waals surface area contributed by atoms with Gasteiger partial charge in [-0.05, 0) is 38.1 Å². The van der Waals surface area contributed by atoms with Crippen LogP contribution in [0.3, 0.4) is 0 Å². The van der Waals surface area contributed by atoms with Gasteiger partial charge in [-0.15, -0.1) is 11.3 Å². The molecule has 116 valence electrons. The molecule has 3 aromatic heterocycles. The number of rotatable bonds is 6. The topological polar surface area (TPSA) is 71.4 Å². The lowest BCUT2D eigenvalue weighted by molar-refractivity contribution is 0.0341. The largest absolute Gasteiger partial charge is 0.466 e. The van der Waals surface area contributed by atoms with Gasteiger partial charge in [0.25, 0.3) is 0 Å². The Balaban J connectivity index is 1.57. The minimum absolute atomic E-state index is 0.396. The molecule has 0 bridgehead atoms. The molecule has 0 fully saturated rings. The molecule has 0 aliphatic carbocycles. The maximum Gasteiger partial charge on any atom is 0.162 e. The first-order valence-electron chi connectivity index (χ1n) is 7.03. The van der Waals surface area contributed by atoms with Crippen LogP contribution in [-0.2, 0) is 12.1 Å². The van der Waals surface area contributed by atoms with Crippen molar-refractivity contribution in [3.63, 3.8) is 0 Å². The zero-order valence-electron chi connectivity index (χ0n) is 12.5. The molecule has 5 nitrogen and oxygen atoms in total. The summed E-state index contributed by atoms with van der Waals surface area (Å²) in [7, 11) is 0. The summed E-state index contributed by atoms with van der Waals surface area (Å²) in [5, 5.41) is 14.4. The highest BCUT2D eigenvalue weighted by Gasteiger charge is 2.25. The summed E-state index contributed by atoms with van der Waals surface area (Å²) in [5.41, 5.74) is -1.03. The number of nitrogens with one attached hydrogen (secondary N) is 1. The van der Waals surface area contributed by atoms with Crippen LogP contribution in [0.25, 0.3) is 10.8 Å². The van der Waals surface area contributed by atoms with Gasteiger partial charge in [-0.25, -0.2) is 4.98 Å². The summed E-state index contributed by atoms with van der Waals surface area (Å²) in [6.07, 6.45) is 3.39. The fourth-order valence-corrected chi connectivity index (χ4v) is 3.00. The predicted molar refractivity (Wildman–Crippen MR) is 84.5 cm³/mol. The first kappa shape index (κ1) is 15.0. The van der Waals surface area contributed by atoms with Gasteiger partial charge in [0.2, 0.25) is 0 Å². The van der Waals surface area contributed by atoms with E-state index in [4.69, 9.17) is 8.83 Å². The number of hydrogen-bond donors (Lipinski definition) is 2. The minimum Gasteiger partial charge on any atom is -0.466 e. The molecule has 2 N–H and O–H groups in total. The second-order valence-corrected chi connectivity index (χ2v) is 6.51. The van der Waals surface area contributed by atoms with E-state index >= 15 is 0 Å². The van der Waals surface area contributed by atoms with E-state index in [-0.39, 0.29) is 0 Å². The van der Waals surface area contributed by atoms with Crippen LogP contribution in [0.2, 0.25) is 0 Å². The van der Waals surface area contributed by atoms with Crippen molar-refractivity contribution in [1.82, 2.24) is 10.3 Å². The second kappa shape index (κ2) is 6.08. The number of aryl methyl sites for hydroxylation is 1. The Kier molecular flexibility index (Phi) is 4.15. The lowest BCUT2D eigenvalue weighted by Crippen LogP contribution is -2.34. The van der Waals surface area contributed by atoms with Gasteiger partial charge >= 0.3 is 0 Å². The fourth-order valence-electron chi connectivity index (χ4n) is 2.15. The van der Waals surface area contributed by atoms with Gasteiger partial charge in [0.15, 0.2) is 10.8 Å². The van der Waals surface area contributed by atoms with Crippen LogP contribution >= 0.6 is 11.3 Å². The summed E-state index contributed by atoms with van der Waals surface area (Å²) in [6.45, 7) is 4.67. The highest BCUT2D eigenvalue weighted by molar-refractivity contribution is 7.14. The Morgan fingerprint density at radius 3 is 2.91 bits per heavy atom. The monoisotopic (exact) mass is 318 g/mol. The summed E-state index contributed by atoms with van der Waals surface area (Å²) in [5.74, 6) is 2.21. The van der Waals surface area contributed by atoms with Crippen molar-refractivity contribution in [3.8, 4) is 10.8 Å². The normalized spacial score (nSPS) is 14.1. The standard InChI is InChI=1S/C16H18N2O3S/c1-11-5-6-13(21-11)15-18-9-12(22-15)8-17-10-16(2,19)14-4-3-7-20-14/h3-7,9,17,19H,8,10H2,1-2H3. The molecule has 0 aliphatic heterocycles. The van der Waals surface area contributed by atoms with Crippen LogP contribution < -0.4 is 5.32 Å². The Morgan fingerprint density at radius 1 is 1.36 bits per heavy atom. The quantitative estimate of drug-likeness (QED) is 0.729. The SMILES string of the molecule is Cc1ccc(-c2ncc(CNCC(C)(O)c3ccco3)s2)o1. The second-order valence-electron chi connectivity index (χ2n) is 5.40. The zero-order valence-corrected chi connectivity index (χ0v) is 13.3. The third kappa shape index (κ3) is 3.30. The van der Waals surface area contributed by atoms with Crippen LogP contribution in [-0.4, -0.2) is 16.6 Å². The molecule has 0 aromatic carbocycles. The maximum atomic E-state index is 10.4. The zero-order chi connectivity index (χ0) is 15.6. The molecule has 0 saturated heterocycles. The molecule has 0 amide bonds. The Hall–Kier alpha value is -1.89. The summed E-state index contributed by atoms with van der Waals surface area (Å²) < 4.78 is 10.8. The molecule has 1 atom stereocenters. The predicted octanol–water partition coefficient (Wildman–Crippen LogP) is 3.30. The molecule has 1 unspecified atom stereocenters. The van der Waals surface area contributed by atoms with Crippen molar-refractivity contribution >= 4 is 11.3 Å². The van der Waals surface area contributed by atoms with E-state index in [1.807, 2.05) is 25.3 Å². The molecular weight excluding hydrogens is 300 g/mol. The fraction of sp³-hybridized carbons (Fsp3) is 0.312. The van der Waals surface area contributed by atoms with E-state index in [1.54, 1.807) is 36.7 Å². The van der Waals surface area contributed by atoms with Crippen LogP contribution in [0, 0.1) is 6.92 Å². The smallest absolute Gasteiger partial charge is 0.162 e. The first-order valence-corrected chi connectivity index (χ1v) is 7.85. The van der Waals surface area contributed by atoms with Gasteiger partial charge in [0.1, 0.15) is 17.1 Å². The molecule has 6 heteroatoms. The Bertz CT molecular complexity index is 728. The van der Waals surface area contributed by atoms with E-state index < -0.39 is 5.60 Å². The van der Waals surface area contributed by atoms with Crippen molar-refractivity contribution in [2.45, 2.75) is 26.0 Å². The van der Waals surface area contributed by atoms with Gasteiger partial charge in [0, 0.05) is 24.2 Å². The number of aliphatic hydroxyl groups is 1. The van der Waals surface area contributed by atoms with Gasteiger partial charge in [-0.2, -0.15) is 0 Å². The van der Waals surface area contributed by atoms with Gasteiger partial charge in [-0.1, -0.05) is 0 Å². The maximum absolute atomic E-state index is 10.4. The molecule has 0 saturated carbocycles. The number of hydrogen-bond acceptors (Lipinski definition) is 6. The van der Waals surface area contributed by atoms with E-state index in [9.17, 15) is 5.11 Å². The van der Waals surface area contributed by atoms with Gasteiger partial charge in [-0.3, -0.25) is 0 Å². The number of thiazole rings is 1. The Labute approximate surface area is 132 Å². The van der Waals surface area contributed by atoms with E-state index in [0.29, 0.717) is 18.8 Å². The molecule has 0 aliphatic rings. The van der Waals surface area contributed by atoms with Crippen molar-refractivity contribution in [1.29, 1.82) is 0 Å². The van der Waals surface area contributed by atoms with Crippen molar-refractivity contribution in [2.75, 3.05) is 6.54 Å². The molecule has 3 rings (SSSR count). The van der Waals surface area contributed by atoms with Crippen molar-refractivity contribution < 1.29 is 13.9 Å². The highest BCUT2D eigenvalue weighted by atomic mass is 32.1. The number of nitrogens with zero attached hydrogens (tertiary/aromatic N) is 1. The van der Waals surface area contributed by atoms with Crippen LogP contribution in [0.15, 0.2) is 45.6 Å². The van der Waals surface area contributed by atoms with Crippen LogP contribution in [0.1, 0.15) is 23.3 Å². The van der Waals surface area contributed by atoms with Gasteiger partial charge in [0.05, 0.1) is 6.26 Å². The minimum atomic E-state index is -1.03. The molecule has 3 aromatic rings. The van der Waals surface area contributed by atoms with E-state index in [1.165, 1.54) is 0 Å². The Morgan fingerprint density at radius 2 is 2.23 bits per heavy atom. The third-order valence-electron chi connectivity index (χ3n) is 3.33. The molecule has 0 spiro atoms. The molecule has 0 radical (unpaired) electrons. The number of furan rings is 2. The summed E-state index contributed by atoms with van der Waals surface area (Å²) in [6, 6.07) is 7.39. The first-order chi connectivity index (χ1) is 10.5. The average molecular weight is 318 g/mol. The highest BCUT2D eigenvalue weighted by Crippen LogP contribution is 2.27. The summed E-state index contributed by atoms with van der Waals surface area (Å²) in [4.78, 5) is 5.45.